The first-order valence-electron chi connectivity index (χ1n) is 7.39. The number of aromatic amines is 1. The molecule has 1 amide bonds. The monoisotopic (exact) mass is 320 g/mol. The highest BCUT2D eigenvalue weighted by Crippen LogP contribution is 2.22. The van der Waals surface area contributed by atoms with Gasteiger partial charge in [-0.2, -0.15) is 5.10 Å². The van der Waals surface area contributed by atoms with Crippen LogP contribution in [0.5, 0.6) is 0 Å². The van der Waals surface area contributed by atoms with Gasteiger partial charge in [-0.1, -0.05) is 30.3 Å². The molecule has 22 heavy (non-hydrogen) atoms. The number of benzene rings is 1. The van der Waals surface area contributed by atoms with E-state index in [1.54, 1.807) is 6.20 Å². The second-order valence-corrected chi connectivity index (χ2v) is 5.61. The molecule has 2 aromatic rings. The van der Waals surface area contributed by atoms with Gasteiger partial charge in [-0.3, -0.25) is 9.89 Å². The third-order valence-corrected chi connectivity index (χ3v) is 4.05. The fourth-order valence-corrected chi connectivity index (χ4v) is 2.81. The van der Waals surface area contributed by atoms with E-state index < -0.39 is 0 Å². The molecule has 6 heteroatoms. The molecule has 0 radical (unpaired) electrons. The Kier molecular flexibility index (Phi) is 5.57. The average molecular weight is 321 g/mol. The zero-order valence-corrected chi connectivity index (χ0v) is 13.1. The van der Waals surface area contributed by atoms with Crippen molar-refractivity contribution in [2.75, 3.05) is 0 Å². The van der Waals surface area contributed by atoms with Crippen LogP contribution in [0.15, 0.2) is 36.5 Å². The molecule has 1 heterocycles. The summed E-state index contributed by atoms with van der Waals surface area (Å²) in [7, 11) is 0. The lowest BCUT2D eigenvalue weighted by molar-refractivity contribution is 0.0926. The Morgan fingerprint density at radius 1 is 1.18 bits per heavy atom. The summed E-state index contributed by atoms with van der Waals surface area (Å²) in [5.41, 5.74) is 8.22. The fraction of sp³-hybridized carbons (Fsp3) is 0.375. The maximum Gasteiger partial charge on any atom is 0.255 e. The van der Waals surface area contributed by atoms with Gasteiger partial charge in [-0.25, -0.2) is 0 Å². The number of aromatic nitrogens is 2. The third kappa shape index (κ3) is 3.67. The molecule has 1 aliphatic rings. The number of amides is 1. The van der Waals surface area contributed by atoms with Gasteiger partial charge in [0.25, 0.3) is 5.91 Å². The molecular weight excluding hydrogens is 300 g/mol. The Hall–Kier alpha value is -1.85. The maximum atomic E-state index is 12.4. The molecule has 1 aromatic carbocycles. The van der Waals surface area contributed by atoms with Crippen molar-refractivity contribution in [2.24, 2.45) is 5.73 Å². The van der Waals surface area contributed by atoms with E-state index in [9.17, 15) is 4.79 Å². The molecule has 5 nitrogen and oxygen atoms in total. The second kappa shape index (κ2) is 7.42. The van der Waals surface area contributed by atoms with E-state index in [4.69, 9.17) is 5.73 Å². The van der Waals surface area contributed by atoms with Crippen LogP contribution in [0.2, 0.25) is 0 Å². The lowest BCUT2D eigenvalue weighted by Crippen LogP contribution is -2.40. The van der Waals surface area contributed by atoms with Crippen LogP contribution < -0.4 is 11.1 Å². The number of hydrogen-bond donors (Lipinski definition) is 3. The summed E-state index contributed by atoms with van der Waals surface area (Å²) >= 11 is 0. The van der Waals surface area contributed by atoms with Crippen molar-refractivity contribution >= 4 is 18.3 Å². The molecule has 1 saturated carbocycles. The number of carbonyl (C=O) groups excluding carboxylic acids is 1. The molecule has 0 saturated heterocycles. The van der Waals surface area contributed by atoms with Gasteiger partial charge in [0, 0.05) is 17.6 Å². The highest BCUT2D eigenvalue weighted by atomic mass is 35.5. The molecule has 0 aliphatic heterocycles. The number of carbonyl (C=O) groups is 1. The summed E-state index contributed by atoms with van der Waals surface area (Å²) in [6.45, 7) is 0. The molecule has 0 spiro atoms. The van der Waals surface area contributed by atoms with Gasteiger partial charge < -0.3 is 11.1 Å². The number of H-pyrrole nitrogens is 1. The van der Waals surface area contributed by atoms with E-state index in [2.05, 4.69) is 15.5 Å². The highest BCUT2D eigenvalue weighted by molar-refractivity contribution is 5.99. The van der Waals surface area contributed by atoms with Gasteiger partial charge in [0.1, 0.15) is 0 Å². The first kappa shape index (κ1) is 16.5. The molecule has 1 aromatic heterocycles. The van der Waals surface area contributed by atoms with Crippen molar-refractivity contribution in [1.82, 2.24) is 15.5 Å². The predicted molar refractivity (Wildman–Crippen MR) is 89.0 cm³/mol. The maximum absolute atomic E-state index is 12.4. The minimum atomic E-state index is -0.0666. The van der Waals surface area contributed by atoms with Crippen LogP contribution in [0.25, 0.3) is 11.3 Å². The highest BCUT2D eigenvalue weighted by Gasteiger charge is 2.22. The molecule has 3 rings (SSSR count). The van der Waals surface area contributed by atoms with Crippen LogP contribution in [-0.2, 0) is 0 Å². The van der Waals surface area contributed by atoms with E-state index in [-0.39, 0.29) is 30.4 Å². The molecule has 4 N–H and O–H groups in total. The molecule has 0 bridgehead atoms. The molecule has 1 fully saturated rings. The van der Waals surface area contributed by atoms with Crippen LogP contribution in [-0.4, -0.2) is 28.2 Å². The van der Waals surface area contributed by atoms with Crippen LogP contribution >= 0.6 is 12.4 Å². The summed E-state index contributed by atoms with van der Waals surface area (Å²) in [6, 6.07) is 10.3. The summed E-state index contributed by atoms with van der Waals surface area (Å²) < 4.78 is 0. The standard InChI is InChI=1S/C16H20N4O.ClH/c17-12-6-8-13(9-7-12)19-16(21)14-10-18-20-15(14)11-4-2-1-3-5-11;/h1-5,10,12-13H,6-9,17H2,(H,18,20)(H,19,21);1H. The summed E-state index contributed by atoms with van der Waals surface area (Å²) in [5, 5.41) is 10.0. The van der Waals surface area contributed by atoms with Gasteiger partial charge in [0.2, 0.25) is 0 Å². The Balaban J connectivity index is 0.00000176. The smallest absolute Gasteiger partial charge is 0.255 e. The predicted octanol–water partition coefficient (Wildman–Crippen LogP) is 2.50. The fourth-order valence-electron chi connectivity index (χ4n) is 2.81. The second-order valence-electron chi connectivity index (χ2n) is 5.61. The first-order valence-corrected chi connectivity index (χ1v) is 7.39. The van der Waals surface area contributed by atoms with Crippen LogP contribution in [0.3, 0.4) is 0 Å². The van der Waals surface area contributed by atoms with Gasteiger partial charge in [0.05, 0.1) is 17.5 Å². The van der Waals surface area contributed by atoms with Gasteiger partial charge in [0.15, 0.2) is 0 Å². The van der Waals surface area contributed by atoms with Crippen LogP contribution in [0.1, 0.15) is 36.0 Å². The summed E-state index contributed by atoms with van der Waals surface area (Å²) in [4.78, 5) is 12.4. The Labute approximate surface area is 136 Å². The van der Waals surface area contributed by atoms with E-state index in [0.29, 0.717) is 5.56 Å². The Morgan fingerprint density at radius 3 is 2.55 bits per heavy atom. The van der Waals surface area contributed by atoms with E-state index in [0.717, 1.165) is 36.9 Å². The van der Waals surface area contributed by atoms with E-state index in [1.165, 1.54) is 0 Å². The lowest BCUT2D eigenvalue weighted by Gasteiger charge is -2.26. The number of rotatable bonds is 3. The number of hydrogen-bond acceptors (Lipinski definition) is 3. The summed E-state index contributed by atoms with van der Waals surface area (Å²) in [5.74, 6) is -0.0666. The van der Waals surface area contributed by atoms with Crippen LogP contribution in [0.4, 0.5) is 0 Å². The Bertz CT molecular complexity index is 606. The van der Waals surface area contributed by atoms with Crippen molar-refractivity contribution in [3.63, 3.8) is 0 Å². The molecule has 118 valence electrons. The van der Waals surface area contributed by atoms with E-state index in [1.807, 2.05) is 30.3 Å². The average Bonchev–Trinajstić information content (AvgIpc) is 3.00. The van der Waals surface area contributed by atoms with Gasteiger partial charge >= 0.3 is 0 Å². The molecule has 1 aliphatic carbocycles. The number of halogens is 1. The van der Waals surface area contributed by atoms with E-state index >= 15 is 0 Å². The van der Waals surface area contributed by atoms with Crippen LogP contribution in [0, 0.1) is 0 Å². The lowest BCUT2D eigenvalue weighted by atomic mass is 9.91. The van der Waals surface area contributed by atoms with Crippen molar-refractivity contribution in [3.05, 3.63) is 42.1 Å². The minimum Gasteiger partial charge on any atom is -0.349 e. The number of nitrogens with one attached hydrogen (secondary N) is 2. The summed E-state index contributed by atoms with van der Waals surface area (Å²) in [6.07, 6.45) is 5.44. The Morgan fingerprint density at radius 2 is 1.86 bits per heavy atom. The largest absolute Gasteiger partial charge is 0.349 e. The molecular formula is C16H21ClN4O. The normalized spacial score (nSPS) is 21.0. The minimum absolute atomic E-state index is 0. The first-order chi connectivity index (χ1) is 10.2. The zero-order valence-electron chi connectivity index (χ0n) is 12.3. The van der Waals surface area contributed by atoms with Crippen molar-refractivity contribution in [1.29, 1.82) is 0 Å². The van der Waals surface area contributed by atoms with Gasteiger partial charge in [-0.05, 0) is 25.7 Å². The third-order valence-electron chi connectivity index (χ3n) is 4.05. The zero-order chi connectivity index (χ0) is 14.7. The number of nitrogens with two attached hydrogens (primary N) is 1. The van der Waals surface area contributed by atoms with Gasteiger partial charge in [-0.15, -0.1) is 12.4 Å². The quantitative estimate of drug-likeness (QED) is 0.812. The van der Waals surface area contributed by atoms with Crippen molar-refractivity contribution in [3.8, 4) is 11.3 Å². The molecule has 0 atom stereocenters. The van der Waals surface area contributed by atoms with Crippen molar-refractivity contribution < 1.29 is 4.79 Å². The topological polar surface area (TPSA) is 83.8 Å². The number of nitrogens with zero attached hydrogens (tertiary/aromatic N) is 1. The van der Waals surface area contributed by atoms with Crippen molar-refractivity contribution in [2.45, 2.75) is 37.8 Å². The molecule has 0 unspecified atom stereocenters. The SMILES string of the molecule is Cl.NC1CCC(NC(=O)c2cn[nH]c2-c2ccccc2)CC1.